The van der Waals surface area contributed by atoms with Gasteiger partial charge in [0.1, 0.15) is 6.61 Å². The minimum atomic E-state index is -0.407. The number of hydrogen-bond donors (Lipinski definition) is 1. The molecular formula is C12H15NO2. The predicted molar refractivity (Wildman–Crippen MR) is 58.9 cm³/mol. The third kappa shape index (κ3) is 4.31. The zero-order valence-electron chi connectivity index (χ0n) is 8.99. The molecule has 0 unspecified atom stereocenters. The normalized spacial score (nSPS) is 11.2. The highest BCUT2D eigenvalue weighted by Gasteiger charge is 1.99. The number of carbonyl (C=O) groups excluding carboxylic acids is 1. The molecule has 0 aliphatic rings. The summed E-state index contributed by atoms with van der Waals surface area (Å²) in [6, 6.07) is 7.82. The molecular weight excluding hydrogens is 190 g/mol. The van der Waals surface area contributed by atoms with E-state index in [0.29, 0.717) is 5.70 Å². The molecule has 0 atom stereocenters. The standard InChI is InChI=1S/C12H15NO2/c1-9-3-5-11(6-4-9)8-15-12(14)7-10(2)13/h3-7H,8,13H2,1-2H3/b10-7-. The van der Waals surface area contributed by atoms with Crippen LogP contribution in [0.4, 0.5) is 0 Å². The van der Waals surface area contributed by atoms with Crippen molar-refractivity contribution in [1.82, 2.24) is 0 Å². The van der Waals surface area contributed by atoms with Crippen molar-refractivity contribution >= 4 is 5.97 Å². The summed E-state index contributed by atoms with van der Waals surface area (Å²) in [5.41, 5.74) is 7.94. The van der Waals surface area contributed by atoms with E-state index in [4.69, 9.17) is 10.5 Å². The summed E-state index contributed by atoms with van der Waals surface area (Å²) in [4.78, 5) is 11.1. The molecule has 15 heavy (non-hydrogen) atoms. The fourth-order valence-electron chi connectivity index (χ4n) is 1.07. The topological polar surface area (TPSA) is 52.3 Å². The van der Waals surface area contributed by atoms with Gasteiger partial charge in [-0.1, -0.05) is 29.8 Å². The SMILES string of the molecule is C/C(N)=C/C(=O)OCc1ccc(C)cc1. The van der Waals surface area contributed by atoms with Crippen molar-refractivity contribution in [3.8, 4) is 0 Å². The van der Waals surface area contributed by atoms with Gasteiger partial charge in [0.25, 0.3) is 0 Å². The molecule has 0 saturated carbocycles. The highest BCUT2D eigenvalue weighted by Crippen LogP contribution is 2.04. The zero-order valence-corrected chi connectivity index (χ0v) is 8.99. The number of hydrogen-bond acceptors (Lipinski definition) is 3. The number of carbonyl (C=O) groups is 1. The lowest BCUT2D eigenvalue weighted by molar-refractivity contribution is -0.139. The van der Waals surface area contributed by atoms with E-state index >= 15 is 0 Å². The van der Waals surface area contributed by atoms with Crippen LogP contribution in [0.3, 0.4) is 0 Å². The number of benzene rings is 1. The molecule has 1 aromatic carbocycles. The molecule has 0 bridgehead atoms. The summed E-state index contributed by atoms with van der Waals surface area (Å²) < 4.78 is 4.98. The Morgan fingerprint density at radius 2 is 2.00 bits per heavy atom. The fraction of sp³-hybridized carbons (Fsp3) is 0.250. The van der Waals surface area contributed by atoms with Crippen LogP contribution < -0.4 is 5.73 Å². The smallest absolute Gasteiger partial charge is 0.332 e. The maximum atomic E-state index is 11.1. The van der Waals surface area contributed by atoms with Gasteiger partial charge in [0.05, 0.1) is 0 Å². The van der Waals surface area contributed by atoms with Crippen LogP contribution in [0, 0.1) is 6.92 Å². The number of aryl methyl sites for hydroxylation is 1. The van der Waals surface area contributed by atoms with Crippen molar-refractivity contribution in [1.29, 1.82) is 0 Å². The van der Waals surface area contributed by atoms with E-state index in [1.54, 1.807) is 6.92 Å². The van der Waals surface area contributed by atoms with Crippen molar-refractivity contribution in [3.63, 3.8) is 0 Å². The average Bonchev–Trinajstić information content (AvgIpc) is 2.16. The molecule has 3 nitrogen and oxygen atoms in total. The molecule has 0 fully saturated rings. The Morgan fingerprint density at radius 3 is 2.53 bits per heavy atom. The average molecular weight is 205 g/mol. The maximum Gasteiger partial charge on any atom is 0.332 e. The lowest BCUT2D eigenvalue weighted by Crippen LogP contribution is -2.04. The Labute approximate surface area is 89.5 Å². The second kappa shape index (κ2) is 5.20. The van der Waals surface area contributed by atoms with Crippen LogP contribution in [-0.4, -0.2) is 5.97 Å². The first-order chi connectivity index (χ1) is 7.08. The van der Waals surface area contributed by atoms with E-state index in [-0.39, 0.29) is 6.61 Å². The van der Waals surface area contributed by atoms with E-state index in [9.17, 15) is 4.79 Å². The third-order valence-corrected chi connectivity index (χ3v) is 1.85. The number of ether oxygens (including phenoxy) is 1. The number of esters is 1. The Bertz CT molecular complexity index is 362. The minimum Gasteiger partial charge on any atom is -0.458 e. The summed E-state index contributed by atoms with van der Waals surface area (Å²) in [7, 11) is 0. The van der Waals surface area contributed by atoms with Gasteiger partial charge in [-0.15, -0.1) is 0 Å². The maximum absolute atomic E-state index is 11.1. The molecule has 0 saturated heterocycles. The van der Waals surface area contributed by atoms with Crippen molar-refractivity contribution < 1.29 is 9.53 Å². The van der Waals surface area contributed by atoms with Gasteiger partial charge in [-0.05, 0) is 19.4 Å². The Kier molecular flexibility index (Phi) is 3.92. The quantitative estimate of drug-likeness (QED) is 0.605. The van der Waals surface area contributed by atoms with Gasteiger partial charge < -0.3 is 10.5 Å². The monoisotopic (exact) mass is 205 g/mol. The first kappa shape index (κ1) is 11.3. The summed E-state index contributed by atoms with van der Waals surface area (Å²) in [5, 5.41) is 0. The fourth-order valence-corrected chi connectivity index (χ4v) is 1.07. The van der Waals surface area contributed by atoms with Crippen LogP contribution in [-0.2, 0) is 16.1 Å². The molecule has 1 rings (SSSR count). The molecule has 0 aliphatic heterocycles. The van der Waals surface area contributed by atoms with E-state index < -0.39 is 5.97 Å². The lowest BCUT2D eigenvalue weighted by Gasteiger charge is -2.02. The summed E-state index contributed by atoms with van der Waals surface area (Å²) >= 11 is 0. The molecule has 0 amide bonds. The van der Waals surface area contributed by atoms with Crippen molar-refractivity contribution in [2.75, 3.05) is 0 Å². The van der Waals surface area contributed by atoms with Gasteiger partial charge in [-0.2, -0.15) is 0 Å². The molecule has 0 heterocycles. The van der Waals surface area contributed by atoms with Gasteiger partial charge in [-0.3, -0.25) is 0 Å². The summed E-state index contributed by atoms with van der Waals surface area (Å²) in [6.07, 6.45) is 1.27. The van der Waals surface area contributed by atoms with Crippen LogP contribution in [0.1, 0.15) is 18.1 Å². The number of allylic oxidation sites excluding steroid dienone is 1. The van der Waals surface area contributed by atoms with Crippen molar-refractivity contribution in [3.05, 3.63) is 47.2 Å². The van der Waals surface area contributed by atoms with E-state index in [1.807, 2.05) is 31.2 Å². The zero-order chi connectivity index (χ0) is 11.3. The van der Waals surface area contributed by atoms with Crippen LogP contribution in [0.2, 0.25) is 0 Å². The molecule has 0 spiro atoms. The van der Waals surface area contributed by atoms with Gasteiger partial charge in [0, 0.05) is 11.8 Å². The first-order valence-electron chi connectivity index (χ1n) is 4.74. The predicted octanol–water partition coefficient (Wildman–Crippen LogP) is 1.90. The Balaban J connectivity index is 2.47. The van der Waals surface area contributed by atoms with Crippen molar-refractivity contribution in [2.24, 2.45) is 5.73 Å². The number of nitrogens with two attached hydrogens (primary N) is 1. The highest BCUT2D eigenvalue weighted by atomic mass is 16.5. The molecule has 1 aromatic rings. The first-order valence-corrected chi connectivity index (χ1v) is 4.74. The molecule has 0 aliphatic carbocycles. The Morgan fingerprint density at radius 1 is 1.40 bits per heavy atom. The van der Waals surface area contributed by atoms with Gasteiger partial charge in [0.15, 0.2) is 0 Å². The van der Waals surface area contributed by atoms with Crippen LogP contribution in [0.15, 0.2) is 36.0 Å². The number of rotatable bonds is 3. The van der Waals surface area contributed by atoms with Gasteiger partial charge in [-0.25, -0.2) is 4.79 Å². The summed E-state index contributed by atoms with van der Waals surface area (Å²) in [5.74, 6) is -0.407. The lowest BCUT2D eigenvalue weighted by atomic mass is 10.2. The van der Waals surface area contributed by atoms with E-state index in [1.165, 1.54) is 11.6 Å². The molecule has 3 heteroatoms. The van der Waals surface area contributed by atoms with Gasteiger partial charge >= 0.3 is 5.97 Å². The summed E-state index contributed by atoms with van der Waals surface area (Å²) in [6.45, 7) is 3.94. The van der Waals surface area contributed by atoms with E-state index in [0.717, 1.165) is 5.56 Å². The third-order valence-electron chi connectivity index (χ3n) is 1.85. The molecule has 0 radical (unpaired) electrons. The molecule has 80 valence electrons. The highest BCUT2D eigenvalue weighted by molar-refractivity contribution is 5.82. The molecule has 0 aromatic heterocycles. The Hall–Kier alpha value is -1.77. The second-order valence-corrected chi connectivity index (χ2v) is 3.48. The van der Waals surface area contributed by atoms with E-state index in [2.05, 4.69) is 0 Å². The minimum absolute atomic E-state index is 0.281. The van der Waals surface area contributed by atoms with Gasteiger partial charge in [0.2, 0.25) is 0 Å². The largest absolute Gasteiger partial charge is 0.458 e. The van der Waals surface area contributed by atoms with Crippen LogP contribution in [0.25, 0.3) is 0 Å². The molecule has 2 N–H and O–H groups in total. The van der Waals surface area contributed by atoms with Crippen LogP contribution in [0.5, 0.6) is 0 Å². The van der Waals surface area contributed by atoms with Crippen molar-refractivity contribution in [2.45, 2.75) is 20.5 Å². The second-order valence-electron chi connectivity index (χ2n) is 3.48. The van der Waals surface area contributed by atoms with Crippen LogP contribution >= 0.6 is 0 Å².